The van der Waals surface area contributed by atoms with E-state index in [4.69, 9.17) is 5.73 Å². The summed E-state index contributed by atoms with van der Waals surface area (Å²) >= 11 is 0. The van der Waals surface area contributed by atoms with Crippen molar-refractivity contribution >= 4 is 5.91 Å². The molecule has 0 aromatic carbocycles. The first-order valence-corrected chi connectivity index (χ1v) is 5.67. The molecule has 2 heterocycles. The van der Waals surface area contributed by atoms with Crippen LogP contribution in [0.5, 0.6) is 0 Å². The topological polar surface area (TPSA) is 64.2 Å². The monoisotopic (exact) mass is 222 g/mol. The van der Waals surface area contributed by atoms with Crippen LogP contribution in [0.15, 0.2) is 12.4 Å². The second kappa shape index (κ2) is 4.25. The Morgan fingerprint density at radius 3 is 2.94 bits per heavy atom. The van der Waals surface area contributed by atoms with E-state index in [1.807, 2.05) is 25.1 Å². The first-order valence-electron chi connectivity index (χ1n) is 5.67. The third kappa shape index (κ3) is 1.82. The van der Waals surface area contributed by atoms with E-state index in [0.29, 0.717) is 13.0 Å². The maximum absolute atomic E-state index is 11.8. The molecule has 1 aromatic rings. The molecular formula is C11H18N4O. The molecule has 5 heteroatoms. The summed E-state index contributed by atoms with van der Waals surface area (Å²) in [5.74, 6) is 0.193. The SMILES string of the molecule is CCN1C(=O)CCC(N)C1c1cnn(C)c1. The fourth-order valence-electron chi connectivity index (χ4n) is 2.37. The van der Waals surface area contributed by atoms with Gasteiger partial charge in [0.1, 0.15) is 0 Å². The van der Waals surface area contributed by atoms with Gasteiger partial charge in [-0.1, -0.05) is 0 Å². The van der Waals surface area contributed by atoms with Gasteiger partial charge in [-0.05, 0) is 13.3 Å². The van der Waals surface area contributed by atoms with Crippen molar-refractivity contribution in [2.75, 3.05) is 6.54 Å². The number of hydrogen-bond acceptors (Lipinski definition) is 3. The second-order valence-electron chi connectivity index (χ2n) is 4.27. The van der Waals surface area contributed by atoms with Crippen LogP contribution in [-0.2, 0) is 11.8 Å². The molecule has 1 aliphatic heterocycles. The third-order valence-corrected chi connectivity index (χ3v) is 3.16. The Balaban J connectivity index is 2.30. The number of nitrogens with two attached hydrogens (primary N) is 1. The first-order chi connectivity index (χ1) is 7.63. The van der Waals surface area contributed by atoms with Gasteiger partial charge in [0, 0.05) is 37.8 Å². The minimum absolute atomic E-state index is 0.0139. The molecule has 0 bridgehead atoms. The molecule has 16 heavy (non-hydrogen) atoms. The van der Waals surface area contributed by atoms with Crippen molar-refractivity contribution < 1.29 is 4.79 Å². The molecule has 0 spiro atoms. The maximum Gasteiger partial charge on any atom is 0.223 e. The van der Waals surface area contributed by atoms with Crippen LogP contribution in [0.25, 0.3) is 0 Å². The zero-order valence-electron chi connectivity index (χ0n) is 9.76. The number of rotatable bonds is 2. The van der Waals surface area contributed by atoms with Gasteiger partial charge in [0.2, 0.25) is 5.91 Å². The average Bonchev–Trinajstić information content (AvgIpc) is 2.67. The van der Waals surface area contributed by atoms with Crippen LogP contribution in [0.2, 0.25) is 0 Å². The molecule has 2 unspecified atom stereocenters. The van der Waals surface area contributed by atoms with Gasteiger partial charge in [0.15, 0.2) is 0 Å². The molecule has 5 nitrogen and oxygen atoms in total. The van der Waals surface area contributed by atoms with Gasteiger partial charge in [-0.2, -0.15) is 5.10 Å². The number of aryl methyl sites for hydroxylation is 1. The van der Waals surface area contributed by atoms with E-state index < -0.39 is 0 Å². The Bertz CT molecular complexity index is 387. The number of likely N-dealkylation sites (tertiary alicyclic amines) is 1. The van der Waals surface area contributed by atoms with Gasteiger partial charge >= 0.3 is 0 Å². The lowest BCUT2D eigenvalue weighted by Crippen LogP contribution is -2.48. The summed E-state index contributed by atoms with van der Waals surface area (Å²) in [6, 6.07) is 0.00167. The normalized spacial score (nSPS) is 26.2. The molecule has 0 saturated carbocycles. The van der Waals surface area contributed by atoms with Crippen molar-refractivity contribution in [3.8, 4) is 0 Å². The highest BCUT2D eigenvalue weighted by Crippen LogP contribution is 2.30. The second-order valence-corrected chi connectivity index (χ2v) is 4.27. The molecule has 1 amide bonds. The number of carbonyl (C=O) groups excluding carboxylic acids is 1. The number of piperidine rings is 1. The summed E-state index contributed by atoms with van der Waals surface area (Å²) in [6.07, 6.45) is 5.05. The lowest BCUT2D eigenvalue weighted by molar-refractivity contribution is -0.137. The smallest absolute Gasteiger partial charge is 0.223 e. The largest absolute Gasteiger partial charge is 0.334 e. The summed E-state index contributed by atoms with van der Waals surface area (Å²) in [5, 5.41) is 4.14. The lowest BCUT2D eigenvalue weighted by atomic mass is 9.92. The van der Waals surface area contributed by atoms with E-state index in [1.165, 1.54) is 0 Å². The lowest BCUT2D eigenvalue weighted by Gasteiger charge is -2.38. The molecule has 1 fully saturated rings. The van der Waals surface area contributed by atoms with E-state index in [1.54, 1.807) is 10.9 Å². The van der Waals surface area contributed by atoms with Crippen molar-refractivity contribution in [1.29, 1.82) is 0 Å². The molecule has 2 N–H and O–H groups in total. The summed E-state index contributed by atoms with van der Waals surface area (Å²) in [5.41, 5.74) is 7.15. The summed E-state index contributed by atoms with van der Waals surface area (Å²) in [4.78, 5) is 13.7. The Labute approximate surface area is 95.2 Å². The van der Waals surface area contributed by atoms with Crippen LogP contribution in [-0.4, -0.2) is 33.2 Å². The zero-order valence-corrected chi connectivity index (χ0v) is 9.76. The van der Waals surface area contributed by atoms with E-state index in [2.05, 4.69) is 5.10 Å². The van der Waals surface area contributed by atoms with Gasteiger partial charge < -0.3 is 10.6 Å². The van der Waals surface area contributed by atoms with Crippen molar-refractivity contribution in [3.63, 3.8) is 0 Å². The van der Waals surface area contributed by atoms with Crippen LogP contribution in [0.3, 0.4) is 0 Å². The third-order valence-electron chi connectivity index (χ3n) is 3.16. The Morgan fingerprint density at radius 1 is 1.62 bits per heavy atom. The standard InChI is InChI=1S/C11H18N4O/c1-3-15-10(16)5-4-9(12)11(15)8-6-13-14(2)7-8/h6-7,9,11H,3-5,12H2,1-2H3. The summed E-state index contributed by atoms with van der Waals surface area (Å²) < 4.78 is 1.75. The number of likely N-dealkylation sites (N-methyl/N-ethyl adjacent to an activating group) is 1. The van der Waals surface area contributed by atoms with Crippen LogP contribution < -0.4 is 5.73 Å². The van der Waals surface area contributed by atoms with Crippen LogP contribution in [0.4, 0.5) is 0 Å². The van der Waals surface area contributed by atoms with E-state index in [9.17, 15) is 4.79 Å². The van der Waals surface area contributed by atoms with Gasteiger partial charge in [-0.25, -0.2) is 0 Å². The molecular weight excluding hydrogens is 204 g/mol. The fraction of sp³-hybridized carbons (Fsp3) is 0.636. The predicted octanol–water partition coefficient (Wildman–Crippen LogP) is 0.431. The number of hydrogen-bond donors (Lipinski definition) is 1. The van der Waals surface area contributed by atoms with Gasteiger partial charge in [0.05, 0.1) is 12.2 Å². The van der Waals surface area contributed by atoms with E-state index in [-0.39, 0.29) is 18.0 Å². The van der Waals surface area contributed by atoms with Crippen molar-refractivity contribution in [2.24, 2.45) is 12.8 Å². The van der Waals surface area contributed by atoms with Gasteiger partial charge in [-0.15, -0.1) is 0 Å². The Kier molecular flexibility index (Phi) is 2.96. The number of nitrogens with zero attached hydrogens (tertiary/aromatic N) is 3. The zero-order chi connectivity index (χ0) is 11.7. The molecule has 1 saturated heterocycles. The van der Waals surface area contributed by atoms with E-state index in [0.717, 1.165) is 12.0 Å². The minimum Gasteiger partial charge on any atom is -0.334 e. The fourth-order valence-corrected chi connectivity index (χ4v) is 2.37. The number of amides is 1. The molecule has 2 atom stereocenters. The van der Waals surface area contributed by atoms with Crippen molar-refractivity contribution in [2.45, 2.75) is 31.8 Å². The minimum atomic E-state index is -0.0139. The molecule has 2 rings (SSSR count). The highest BCUT2D eigenvalue weighted by atomic mass is 16.2. The average molecular weight is 222 g/mol. The predicted molar refractivity (Wildman–Crippen MR) is 60.5 cm³/mol. The van der Waals surface area contributed by atoms with Crippen LogP contribution >= 0.6 is 0 Å². The highest BCUT2D eigenvalue weighted by Gasteiger charge is 2.34. The van der Waals surface area contributed by atoms with Crippen LogP contribution in [0, 0.1) is 0 Å². The highest BCUT2D eigenvalue weighted by molar-refractivity contribution is 5.77. The molecule has 88 valence electrons. The van der Waals surface area contributed by atoms with Crippen LogP contribution in [0.1, 0.15) is 31.4 Å². The first kappa shape index (κ1) is 11.1. The quantitative estimate of drug-likeness (QED) is 0.789. The molecule has 1 aliphatic rings. The Morgan fingerprint density at radius 2 is 2.38 bits per heavy atom. The molecule has 0 radical (unpaired) electrons. The van der Waals surface area contributed by atoms with Crippen molar-refractivity contribution in [1.82, 2.24) is 14.7 Å². The van der Waals surface area contributed by atoms with Gasteiger partial charge in [-0.3, -0.25) is 9.48 Å². The Hall–Kier alpha value is -1.36. The molecule has 1 aromatic heterocycles. The number of carbonyl (C=O) groups is 1. The van der Waals surface area contributed by atoms with Crippen molar-refractivity contribution in [3.05, 3.63) is 18.0 Å². The van der Waals surface area contributed by atoms with Gasteiger partial charge in [0.25, 0.3) is 0 Å². The summed E-state index contributed by atoms with van der Waals surface area (Å²) in [7, 11) is 1.87. The maximum atomic E-state index is 11.8. The van der Waals surface area contributed by atoms with E-state index >= 15 is 0 Å². The summed E-state index contributed by atoms with van der Waals surface area (Å²) in [6.45, 7) is 2.69. The molecule has 0 aliphatic carbocycles. The number of aromatic nitrogens is 2.